The van der Waals surface area contributed by atoms with Gasteiger partial charge in [-0.3, -0.25) is 19.7 Å². The van der Waals surface area contributed by atoms with E-state index in [1.54, 1.807) is 12.1 Å². The molecule has 43 heavy (non-hydrogen) atoms. The van der Waals surface area contributed by atoms with E-state index in [0.29, 0.717) is 27.9 Å². The molecule has 6 rings (SSSR count). The number of nitro benzene ring substituents is 1. The van der Waals surface area contributed by atoms with Gasteiger partial charge in [-0.15, -0.1) is 0 Å². The summed E-state index contributed by atoms with van der Waals surface area (Å²) in [6.45, 7) is 3.11. The summed E-state index contributed by atoms with van der Waals surface area (Å²) in [4.78, 5) is 20.6. The Labute approximate surface area is 248 Å². The number of likely N-dealkylation sites (tertiary alicyclic amines) is 1. The van der Waals surface area contributed by atoms with Gasteiger partial charge in [-0.05, 0) is 67.9 Å². The molecule has 2 heterocycles. The minimum Gasteiger partial charge on any atom is -0.494 e. The molecule has 0 bridgehead atoms. The molecule has 3 N–H and O–H groups in total. The molecule has 0 unspecified atom stereocenters. The van der Waals surface area contributed by atoms with Crippen LogP contribution < -0.4 is 4.72 Å². The number of hydrogen-bond acceptors (Lipinski definition) is 7. The molecule has 1 aromatic heterocycles. The molecule has 0 saturated carbocycles. The fourth-order valence-electron chi connectivity index (χ4n) is 5.39. The number of benzene rings is 4. The molecule has 218 valence electrons. The summed E-state index contributed by atoms with van der Waals surface area (Å²) < 4.78 is 28.8. The van der Waals surface area contributed by atoms with Crippen molar-refractivity contribution < 1.29 is 18.4 Å². The SMILES string of the molecule is O=[N+]([O-])c1ccccc1S(=O)(=O)Nc1ccc2[nH]c(O)c(C(=Nc3ccc(CN4CCCC4)cc3)c3ccccc3)c2c1. The van der Waals surface area contributed by atoms with Gasteiger partial charge in [0.1, 0.15) is 0 Å². The van der Waals surface area contributed by atoms with Crippen molar-refractivity contribution in [3.05, 3.63) is 124 Å². The number of aliphatic imine (C=N–C) groups is 1. The number of H-pyrrole nitrogens is 1. The fraction of sp³-hybridized carbons (Fsp3) is 0.156. The van der Waals surface area contributed by atoms with E-state index in [9.17, 15) is 23.6 Å². The molecule has 10 nitrogen and oxygen atoms in total. The molecule has 1 aliphatic rings. The molecule has 1 saturated heterocycles. The van der Waals surface area contributed by atoms with Crippen LogP contribution >= 0.6 is 0 Å². The van der Waals surface area contributed by atoms with Gasteiger partial charge in [0.2, 0.25) is 0 Å². The number of rotatable bonds is 9. The van der Waals surface area contributed by atoms with E-state index < -0.39 is 25.5 Å². The highest BCUT2D eigenvalue weighted by atomic mass is 32.2. The number of aromatic amines is 1. The number of fused-ring (bicyclic) bond motifs is 1. The third-order valence-electron chi connectivity index (χ3n) is 7.45. The number of nitrogens with one attached hydrogen (secondary N) is 2. The van der Waals surface area contributed by atoms with Gasteiger partial charge in [-0.1, -0.05) is 54.6 Å². The van der Waals surface area contributed by atoms with Crippen LogP contribution in [0.3, 0.4) is 0 Å². The van der Waals surface area contributed by atoms with E-state index in [1.165, 1.54) is 42.7 Å². The third kappa shape index (κ3) is 5.99. The third-order valence-corrected chi connectivity index (χ3v) is 8.88. The Morgan fingerprint density at radius 3 is 2.37 bits per heavy atom. The van der Waals surface area contributed by atoms with Crippen LogP contribution in [0.25, 0.3) is 10.9 Å². The predicted molar refractivity (Wildman–Crippen MR) is 167 cm³/mol. The van der Waals surface area contributed by atoms with Crippen LogP contribution in [0.4, 0.5) is 17.1 Å². The van der Waals surface area contributed by atoms with Gasteiger partial charge in [0, 0.05) is 34.8 Å². The second kappa shape index (κ2) is 11.7. The molecule has 11 heteroatoms. The number of sulfonamides is 1. The van der Waals surface area contributed by atoms with Crippen LogP contribution in [0.5, 0.6) is 5.88 Å². The maximum absolute atomic E-state index is 13.2. The van der Waals surface area contributed by atoms with E-state index >= 15 is 0 Å². The smallest absolute Gasteiger partial charge is 0.289 e. The lowest BCUT2D eigenvalue weighted by Gasteiger charge is -2.14. The Hall–Kier alpha value is -5.00. The fourth-order valence-corrected chi connectivity index (χ4v) is 6.61. The number of aromatic hydroxyl groups is 1. The highest BCUT2D eigenvalue weighted by Gasteiger charge is 2.26. The molecule has 4 aromatic carbocycles. The first-order chi connectivity index (χ1) is 20.8. The van der Waals surface area contributed by atoms with Crippen LogP contribution in [0.15, 0.2) is 107 Å². The summed E-state index contributed by atoms with van der Waals surface area (Å²) in [6.07, 6.45) is 2.46. The first-order valence-corrected chi connectivity index (χ1v) is 15.3. The van der Waals surface area contributed by atoms with Crippen molar-refractivity contribution in [2.24, 2.45) is 4.99 Å². The molecule has 1 fully saturated rings. The molecule has 5 aromatic rings. The molecule has 0 spiro atoms. The normalized spacial score (nSPS) is 14.3. The van der Waals surface area contributed by atoms with E-state index in [1.807, 2.05) is 42.5 Å². The summed E-state index contributed by atoms with van der Waals surface area (Å²) in [7, 11) is -4.30. The van der Waals surface area contributed by atoms with Crippen molar-refractivity contribution >= 4 is 43.7 Å². The Balaban J connectivity index is 1.40. The van der Waals surface area contributed by atoms with Gasteiger partial charge in [-0.25, -0.2) is 13.4 Å². The van der Waals surface area contributed by atoms with Crippen LogP contribution in [0.1, 0.15) is 29.5 Å². The summed E-state index contributed by atoms with van der Waals surface area (Å²) >= 11 is 0. The zero-order valence-corrected chi connectivity index (χ0v) is 23.9. The Morgan fingerprint density at radius 2 is 1.65 bits per heavy atom. The lowest BCUT2D eigenvalue weighted by Crippen LogP contribution is -2.18. The average Bonchev–Trinajstić information content (AvgIpc) is 3.64. The van der Waals surface area contributed by atoms with Crippen LogP contribution in [0, 0.1) is 10.1 Å². The van der Waals surface area contributed by atoms with Crippen molar-refractivity contribution in [3.8, 4) is 5.88 Å². The second-order valence-corrected chi connectivity index (χ2v) is 12.1. The summed E-state index contributed by atoms with van der Waals surface area (Å²) in [5, 5.41) is 23.1. The van der Waals surface area contributed by atoms with Gasteiger partial charge in [-0.2, -0.15) is 0 Å². The molecule has 0 aliphatic carbocycles. The van der Waals surface area contributed by atoms with Crippen molar-refractivity contribution in [1.29, 1.82) is 0 Å². The van der Waals surface area contributed by atoms with Crippen LogP contribution in [-0.4, -0.2) is 47.1 Å². The monoisotopic (exact) mass is 595 g/mol. The topological polar surface area (TPSA) is 141 Å². The maximum Gasteiger partial charge on any atom is 0.289 e. The summed E-state index contributed by atoms with van der Waals surface area (Å²) in [5.41, 5.74) is 3.75. The first-order valence-electron chi connectivity index (χ1n) is 13.9. The quantitative estimate of drug-likeness (QED) is 0.103. The van der Waals surface area contributed by atoms with Crippen LogP contribution in [0.2, 0.25) is 0 Å². The lowest BCUT2D eigenvalue weighted by atomic mass is 10.0. The molecule has 0 atom stereocenters. The Bertz CT molecular complexity index is 1930. The number of hydrogen-bond donors (Lipinski definition) is 3. The van der Waals surface area contributed by atoms with Crippen molar-refractivity contribution in [3.63, 3.8) is 0 Å². The first kappa shape index (κ1) is 28.1. The van der Waals surface area contributed by atoms with E-state index in [0.717, 1.165) is 31.3 Å². The molecule has 1 aliphatic heterocycles. The zero-order valence-electron chi connectivity index (χ0n) is 23.1. The van der Waals surface area contributed by atoms with Crippen molar-refractivity contribution in [2.45, 2.75) is 24.3 Å². The van der Waals surface area contributed by atoms with E-state index in [-0.39, 0.29) is 11.6 Å². The molecular formula is C32H29N5O5S. The van der Waals surface area contributed by atoms with Gasteiger partial charge in [0.25, 0.3) is 15.7 Å². The molecular weight excluding hydrogens is 566 g/mol. The minimum atomic E-state index is -4.30. The van der Waals surface area contributed by atoms with Gasteiger partial charge < -0.3 is 10.1 Å². The maximum atomic E-state index is 13.2. The van der Waals surface area contributed by atoms with Gasteiger partial charge >= 0.3 is 0 Å². The van der Waals surface area contributed by atoms with E-state index in [4.69, 9.17) is 4.99 Å². The molecule has 0 amide bonds. The van der Waals surface area contributed by atoms with Crippen molar-refractivity contribution in [2.75, 3.05) is 17.8 Å². The number of nitrogens with zero attached hydrogens (tertiary/aromatic N) is 3. The van der Waals surface area contributed by atoms with E-state index in [2.05, 4.69) is 26.7 Å². The standard InChI is InChI=1S/C32H29N5O5S/c38-32-30(26-20-25(16-17-27(26)34-32)35-43(41,42)29-11-5-4-10-28(29)37(39)40)31(23-8-2-1-3-9-23)33-24-14-12-22(13-15-24)21-36-18-6-7-19-36/h1-5,8-17,20,34-35,38H,6-7,18-19,21H2. The predicted octanol–water partition coefficient (Wildman–Crippen LogP) is 6.35. The Morgan fingerprint density at radius 1 is 0.953 bits per heavy atom. The van der Waals surface area contributed by atoms with Crippen molar-refractivity contribution in [1.82, 2.24) is 9.88 Å². The minimum absolute atomic E-state index is 0.123. The number of nitro groups is 1. The lowest BCUT2D eigenvalue weighted by molar-refractivity contribution is -0.387. The Kier molecular flexibility index (Phi) is 7.66. The number of para-hydroxylation sites is 1. The number of anilines is 1. The zero-order chi connectivity index (χ0) is 30.0. The number of aromatic nitrogens is 1. The summed E-state index contributed by atoms with van der Waals surface area (Å²) in [5.74, 6) is -0.123. The highest BCUT2D eigenvalue weighted by Crippen LogP contribution is 2.34. The largest absolute Gasteiger partial charge is 0.494 e. The molecule has 0 radical (unpaired) electrons. The van der Waals surface area contributed by atoms with Gasteiger partial charge in [0.15, 0.2) is 10.8 Å². The second-order valence-electron chi connectivity index (χ2n) is 10.4. The average molecular weight is 596 g/mol. The van der Waals surface area contributed by atoms with Crippen LogP contribution in [-0.2, 0) is 16.6 Å². The van der Waals surface area contributed by atoms with Gasteiger partial charge in [0.05, 0.1) is 21.9 Å². The highest BCUT2D eigenvalue weighted by molar-refractivity contribution is 7.92. The summed E-state index contributed by atoms with van der Waals surface area (Å²) in [6, 6.07) is 27.3.